The lowest BCUT2D eigenvalue weighted by Gasteiger charge is -2.39. The van der Waals surface area contributed by atoms with Gasteiger partial charge in [-0.25, -0.2) is 8.42 Å². The van der Waals surface area contributed by atoms with Gasteiger partial charge in [0, 0.05) is 51.0 Å². The zero-order chi connectivity index (χ0) is 24.6. The number of sulfone groups is 1. The highest BCUT2D eigenvalue weighted by molar-refractivity contribution is 7.90. The van der Waals surface area contributed by atoms with E-state index in [-0.39, 0.29) is 18.0 Å². The maximum absolute atomic E-state index is 13.2. The van der Waals surface area contributed by atoms with Crippen LogP contribution >= 0.6 is 0 Å². The minimum atomic E-state index is -4.69. The van der Waals surface area contributed by atoms with Gasteiger partial charge in [0.15, 0.2) is 15.4 Å². The van der Waals surface area contributed by atoms with Crippen molar-refractivity contribution in [1.82, 2.24) is 19.7 Å². The van der Waals surface area contributed by atoms with E-state index in [1.165, 1.54) is 12.1 Å². The first kappa shape index (κ1) is 24.1. The molecule has 182 valence electrons. The molecule has 1 fully saturated rings. The van der Waals surface area contributed by atoms with E-state index in [4.69, 9.17) is 0 Å². The fourth-order valence-electron chi connectivity index (χ4n) is 3.92. The van der Waals surface area contributed by atoms with Gasteiger partial charge < -0.3 is 10.0 Å². The van der Waals surface area contributed by atoms with Crippen molar-refractivity contribution in [3.63, 3.8) is 0 Å². The van der Waals surface area contributed by atoms with Crippen LogP contribution < -0.4 is 4.90 Å². The van der Waals surface area contributed by atoms with E-state index in [0.29, 0.717) is 24.7 Å². The third-order valence-corrected chi connectivity index (χ3v) is 7.11. The molecule has 3 aromatic rings. The Morgan fingerprint density at radius 2 is 1.74 bits per heavy atom. The van der Waals surface area contributed by atoms with Crippen LogP contribution in [0, 0.1) is 0 Å². The van der Waals surface area contributed by atoms with E-state index >= 15 is 0 Å². The Labute approximate surface area is 195 Å². The van der Waals surface area contributed by atoms with Crippen LogP contribution in [0.1, 0.15) is 29.8 Å². The Morgan fingerprint density at radius 3 is 2.29 bits per heavy atom. The van der Waals surface area contributed by atoms with Crippen molar-refractivity contribution in [2.75, 3.05) is 24.2 Å². The summed E-state index contributed by atoms with van der Waals surface area (Å²) in [4.78, 5) is 5.98. The van der Waals surface area contributed by atoms with Gasteiger partial charge in [0.25, 0.3) is 0 Å². The minimum Gasteiger partial charge on any atom is -0.380 e. The summed E-state index contributed by atoms with van der Waals surface area (Å²) in [5, 5.41) is 18.6. The highest BCUT2D eigenvalue weighted by Gasteiger charge is 2.54. The first-order valence-corrected chi connectivity index (χ1v) is 12.5. The van der Waals surface area contributed by atoms with Crippen LogP contribution in [-0.2, 0) is 22.8 Å². The first-order valence-electron chi connectivity index (χ1n) is 10.6. The van der Waals surface area contributed by atoms with Gasteiger partial charge in [0.05, 0.1) is 11.4 Å². The van der Waals surface area contributed by atoms with E-state index < -0.39 is 34.5 Å². The predicted octanol–water partition coefficient (Wildman–Crippen LogP) is 2.61. The van der Waals surface area contributed by atoms with E-state index in [9.17, 15) is 26.7 Å². The van der Waals surface area contributed by atoms with Gasteiger partial charge in [-0.05, 0) is 29.3 Å². The highest BCUT2D eigenvalue weighted by Crippen LogP contribution is 2.39. The molecule has 1 aliphatic rings. The lowest BCUT2D eigenvalue weighted by Crippen LogP contribution is -2.53. The number of aliphatic hydroxyl groups is 1. The topological polar surface area (TPSA) is 101 Å². The van der Waals surface area contributed by atoms with Crippen LogP contribution in [0.5, 0.6) is 0 Å². The summed E-state index contributed by atoms with van der Waals surface area (Å²) in [5.74, 6) is 0.988. The Kier molecular flexibility index (Phi) is 6.38. The van der Waals surface area contributed by atoms with Gasteiger partial charge in [-0.3, -0.25) is 9.55 Å². The molecule has 12 heteroatoms. The second-order valence-electron chi connectivity index (χ2n) is 8.47. The molecule has 0 unspecified atom stereocenters. The first-order chi connectivity index (χ1) is 16.0. The number of rotatable bonds is 6. The molecule has 0 amide bonds. The number of benzene rings is 1. The molecule has 0 radical (unpaired) electrons. The molecule has 0 bridgehead atoms. The Bertz CT molecular complexity index is 1240. The molecule has 0 aliphatic carbocycles. The number of nitrogens with zero attached hydrogens (tertiary/aromatic N) is 5. The zero-order valence-electron chi connectivity index (χ0n) is 18.4. The van der Waals surface area contributed by atoms with Crippen LogP contribution in [0.15, 0.2) is 53.7 Å². The fourth-order valence-corrected chi connectivity index (χ4v) is 4.55. The van der Waals surface area contributed by atoms with E-state index in [0.717, 1.165) is 17.4 Å². The van der Waals surface area contributed by atoms with E-state index in [2.05, 4.69) is 15.2 Å². The summed E-state index contributed by atoms with van der Waals surface area (Å²) in [6, 6.07) is 10.1. The smallest absolute Gasteiger partial charge is 0.380 e. The van der Waals surface area contributed by atoms with Crippen molar-refractivity contribution in [2.45, 2.75) is 42.5 Å². The fraction of sp³-hybridized carbons (Fsp3) is 0.409. The largest absolute Gasteiger partial charge is 0.417 e. The van der Waals surface area contributed by atoms with Crippen molar-refractivity contribution in [1.29, 1.82) is 0 Å². The third kappa shape index (κ3) is 5.07. The normalized spacial score (nSPS) is 16.6. The van der Waals surface area contributed by atoms with Crippen LogP contribution in [-0.4, -0.2) is 64.4 Å². The van der Waals surface area contributed by atoms with Gasteiger partial charge in [0.2, 0.25) is 5.95 Å². The van der Waals surface area contributed by atoms with Gasteiger partial charge in [-0.15, -0.1) is 10.2 Å². The van der Waals surface area contributed by atoms with Crippen molar-refractivity contribution < 1.29 is 26.7 Å². The molecule has 2 aromatic heterocycles. The van der Waals surface area contributed by atoms with Crippen LogP contribution in [0.2, 0.25) is 0 Å². The molecule has 8 nitrogen and oxygen atoms in total. The monoisotopic (exact) mass is 495 g/mol. The summed E-state index contributed by atoms with van der Waals surface area (Å²) in [5.41, 5.74) is -1.04. The molecule has 34 heavy (non-hydrogen) atoms. The number of hydrogen-bond donors (Lipinski definition) is 1. The minimum absolute atomic E-state index is 0.0337. The molecule has 4 rings (SSSR count). The Hall–Kier alpha value is -2.99. The van der Waals surface area contributed by atoms with Gasteiger partial charge in [-0.2, -0.15) is 13.2 Å². The van der Waals surface area contributed by atoms with Crippen molar-refractivity contribution in [2.24, 2.45) is 0 Å². The number of hydrogen-bond acceptors (Lipinski definition) is 7. The quantitative estimate of drug-likeness (QED) is 0.561. The zero-order valence-corrected chi connectivity index (χ0v) is 19.2. The molecule has 1 aliphatic heterocycles. The number of anilines is 1. The molecule has 0 spiro atoms. The molecule has 0 atom stereocenters. The summed E-state index contributed by atoms with van der Waals surface area (Å²) in [7, 11) is -3.34. The maximum atomic E-state index is 13.2. The number of aromatic nitrogens is 4. The summed E-state index contributed by atoms with van der Waals surface area (Å²) >= 11 is 0. The SMILES string of the molecule is CS(=O)(=O)c1ccc(Cn2c(Cc3cccnc3)nnc2N2CCC(O)(C(F)(F)F)CC2)cc1. The molecule has 3 heterocycles. The Balaban J connectivity index is 1.63. The lowest BCUT2D eigenvalue weighted by molar-refractivity contribution is -0.266. The molecule has 1 N–H and O–H groups in total. The second kappa shape index (κ2) is 8.99. The molecular formula is C22H24F3N5O3S. The second-order valence-corrected chi connectivity index (χ2v) is 10.5. The van der Waals surface area contributed by atoms with Crippen molar-refractivity contribution >= 4 is 15.8 Å². The molecular weight excluding hydrogens is 471 g/mol. The van der Waals surface area contributed by atoms with Gasteiger partial charge >= 0.3 is 6.18 Å². The lowest BCUT2D eigenvalue weighted by atomic mass is 9.91. The highest BCUT2D eigenvalue weighted by atomic mass is 32.2. The van der Waals surface area contributed by atoms with Gasteiger partial charge in [0.1, 0.15) is 5.82 Å². The van der Waals surface area contributed by atoms with Crippen LogP contribution in [0.3, 0.4) is 0 Å². The molecule has 1 saturated heterocycles. The number of piperidine rings is 1. The Morgan fingerprint density at radius 1 is 1.06 bits per heavy atom. The number of alkyl halides is 3. The average Bonchev–Trinajstić information content (AvgIpc) is 3.16. The van der Waals surface area contributed by atoms with Crippen LogP contribution in [0.4, 0.5) is 19.1 Å². The molecule has 1 aromatic carbocycles. The number of pyridine rings is 1. The third-order valence-electron chi connectivity index (χ3n) is 5.99. The van der Waals surface area contributed by atoms with Crippen molar-refractivity contribution in [3.05, 3.63) is 65.7 Å². The maximum Gasteiger partial charge on any atom is 0.417 e. The van der Waals surface area contributed by atoms with Crippen molar-refractivity contribution in [3.8, 4) is 0 Å². The predicted molar refractivity (Wildman–Crippen MR) is 118 cm³/mol. The van der Waals surface area contributed by atoms with E-state index in [1.807, 2.05) is 6.07 Å². The summed E-state index contributed by atoms with van der Waals surface area (Å²) in [6.45, 7) is 0.226. The summed E-state index contributed by atoms with van der Waals surface area (Å²) < 4.78 is 65.0. The van der Waals surface area contributed by atoms with E-state index in [1.54, 1.807) is 40.1 Å². The van der Waals surface area contributed by atoms with Gasteiger partial charge in [-0.1, -0.05) is 18.2 Å². The molecule has 0 saturated carbocycles. The number of halogens is 3. The summed E-state index contributed by atoms with van der Waals surface area (Å²) in [6.07, 6.45) is -0.746. The standard InChI is InChI=1S/C22H24F3N5O3S/c1-34(32,33)18-6-4-16(5-7-18)15-30-19(13-17-3-2-10-26-14-17)27-28-20(30)29-11-8-21(31,9-12-29)22(23,24)25/h2-7,10,14,31H,8-9,11-13,15H2,1H3. The van der Waals surface area contributed by atoms with Crippen LogP contribution in [0.25, 0.3) is 0 Å². The average molecular weight is 496 g/mol.